The molecule has 2 aromatic rings. The summed E-state index contributed by atoms with van der Waals surface area (Å²) >= 11 is 1.37. The van der Waals surface area contributed by atoms with Gasteiger partial charge in [-0.3, -0.25) is 14.3 Å². The quantitative estimate of drug-likeness (QED) is 0.654. The van der Waals surface area contributed by atoms with E-state index in [2.05, 4.69) is 15.7 Å². The molecule has 0 saturated heterocycles. The highest BCUT2D eigenvalue weighted by molar-refractivity contribution is 7.20. The lowest BCUT2D eigenvalue weighted by molar-refractivity contribution is -0.122. The molecule has 0 bridgehead atoms. The fourth-order valence-corrected chi connectivity index (χ4v) is 3.31. The van der Waals surface area contributed by atoms with Crippen molar-refractivity contribution in [3.8, 4) is 0 Å². The summed E-state index contributed by atoms with van der Waals surface area (Å²) in [5.74, 6) is -0.426. The van der Waals surface area contributed by atoms with Crippen molar-refractivity contribution in [1.29, 1.82) is 0 Å². The van der Waals surface area contributed by atoms with Gasteiger partial charge < -0.3 is 16.4 Å². The van der Waals surface area contributed by atoms with Gasteiger partial charge in [0.15, 0.2) is 0 Å². The van der Waals surface area contributed by atoms with Crippen molar-refractivity contribution in [3.05, 3.63) is 16.6 Å². The highest BCUT2D eigenvalue weighted by atomic mass is 32.1. The molecule has 7 nitrogen and oxygen atoms in total. The first-order valence-corrected chi connectivity index (χ1v) is 8.47. The second-order valence-corrected chi connectivity index (χ2v) is 6.55. The van der Waals surface area contributed by atoms with Crippen LogP contribution in [0.15, 0.2) is 6.07 Å². The average molecular weight is 337 g/mol. The summed E-state index contributed by atoms with van der Waals surface area (Å²) in [6, 6.07) is 1.24. The number of thiophene rings is 1. The van der Waals surface area contributed by atoms with Gasteiger partial charge in [-0.05, 0) is 39.3 Å². The Kier molecular flexibility index (Phi) is 5.73. The number of hydrogen-bond acceptors (Lipinski definition) is 5. The van der Waals surface area contributed by atoms with E-state index in [1.54, 1.807) is 11.6 Å². The van der Waals surface area contributed by atoms with Crippen LogP contribution in [0.1, 0.15) is 35.1 Å². The molecule has 2 aromatic heterocycles. The molecule has 4 N–H and O–H groups in total. The topological polar surface area (TPSA) is 102 Å². The maximum Gasteiger partial charge on any atom is 0.262 e. The van der Waals surface area contributed by atoms with Gasteiger partial charge in [-0.15, -0.1) is 11.3 Å². The van der Waals surface area contributed by atoms with Gasteiger partial charge in [0.1, 0.15) is 10.9 Å². The van der Waals surface area contributed by atoms with Gasteiger partial charge >= 0.3 is 0 Å². The van der Waals surface area contributed by atoms with Crippen LogP contribution in [-0.4, -0.2) is 40.7 Å². The van der Waals surface area contributed by atoms with Gasteiger partial charge in [0.2, 0.25) is 5.91 Å². The molecule has 0 spiro atoms. The molecule has 0 aliphatic heterocycles. The molecule has 0 aromatic carbocycles. The van der Waals surface area contributed by atoms with Crippen molar-refractivity contribution in [2.24, 2.45) is 12.8 Å². The number of nitrogens with one attached hydrogen (secondary N) is 2. The highest BCUT2D eigenvalue weighted by Gasteiger charge is 2.19. The SMILES string of the molecule is Cc1nn(C)c2sc(C(=O)NC(C)C(=O)NCCCCN)cc12. The molecule has 2 amide bonds. The van der Waals surface area contributed by atoms with E-state index in [4.69, 9.17) is 5.73 Å². The molecule has 2 heterocycles. The van der Waals surface area contributed by atoms with E-state index >= 15 is 0 Å². The predicted octanol–water partition coefficient (Wildman–Crippen LogP) is 0.917. The molecule has 1 unspecified atom stereocenters. The van der Waals surface area contributed by atoms with Crippen molar-refractivity contribution in [1.82, 2.24) is 20.4 Å². The van der Waals surface area contributed by atoms with Crippen molar-refractivity contribution in [2.75, 3.05) is 13.1 Å². The number of carbonyl (C=O) groups is 2. The smallest absolute Gasteiger partial charge is 0.262 e. The molecule has 126 valence electrons. The van der Waals surface area contributed by atoms with Crippen molar-refractivity contribution in [3.63, 3.8) is 0 Å². The van der Waals surface area contributed by atoms with Gasteiger partial charge in [-0.2, -0.15) is 5.10 Å². The van der Waals surface area contributed by atoms with Gasteiger partial charge in [0.25, 0.3) is 5.91 Å². The summed E-state index contributed by atoms with van der Waals surface area (Å²) in [7, 11) is 1.85. The zero-order valence-corrected chi connectivity index (χ0v) is 14.5. The van der Waals surface area contributed by atoms with Crippen LogP contribution >= 0.6 is 11.3 Å². The number of aromatic nitrogens is 2. The number of carbonyl (C=O) groups excluding carboxylic acids is 2. The zero-order valence-electron chi connectivity index (χ0n) is 13.7. The summed E-state index contributed by atoms with van der Waals surface area (Å²) in [6.07, 6.45) is 1.71. The van der Waals surface area contributed by atoms with E-state index in [0.29, 0.717) is 18.0 Å². The molecular formula is C15H23N5O2S. The van der Waals surface area contributed by atoms with Crippen LogP contribution in [0.25, 0.3) is 10.2 Å². The van der Waals surface area contributed by atoms with Crippen LogP contribution < -0.4 is 16.4 Å². The second kappa shape index (κ2) is 7.56. The Morgan fingerprint density at radius 3 is 2.83 bits per heavy atom. The summed E-state index contributed by atoms with van der Waals surface area (Å²) in [4.78, 5) is 25.8. The number of unbranched alkanes of at least 4 members (excludes halogenated alkanes) is 1. The zero-order chi connectivity index (χ0) is 17.0. The summed E-state index contributed by atoms with van der Waals surface area (Å²) < 4.78 is 1.76. The van der Waals surface area contributed by atoms with Gasteiger partial charge in [0.05, 0.1) is 10.6 Å². The first-order valence-electron chi connectivity index (χ1n) is 7.65. The molecule has 23 heavy (non-hydrogen) atoms. The number of rotatable bonds is 7. The van der Waals surface area contributed by atoms with Gasteiger partial charge in [-0.25, -0.2) is 0 Å². The number of nitrogens with two attached hydrogens (primary N) is 1. The first-order chi connectivity index (χ1) is 10.9. The minimum Gasteiger partial charge on any atom is -0.354 e. The van der Waals surface area contributed by atoms with Crippen LogP contribution in [-0.2, 0) is 11.8 Å². The maximum atomic E-state index is 12.3. The fourth-order valence-electron chi connectivity index (χ4n) is 2.28. The van der Waals surface area contributed by atoms with E-state index in [1.807, 2.05) is 20.0 Å². The molecule has 0 saturated carbocycles. The van der Waals surface area contributed by atoms with Crippen molar-refractivity contribution in [2.45, 2.75) is 32.7 Å². The van der Waals surface area contributed by atoms with Crippen LogP contribution in [0.3, 0.4) is 0 Å². The number of aryl methyl sites for hydroxylation is 2. The summed E-state index contributed by atoms with van der Waals surface area (Å²) in [6.45, 7) is 4.77. The highest BCUT2D eigenvalue weighted by Crippen LogP contribution is 2.27. The number of nitrogens with zero attached hydrogens (tertiary/aromatic N) is 2. The van der Waals surface area contributed by atoms with Crippen molar-refractivity contribution >= 4 is 33.4 Å². The Balaban J connectivity index is 1.94. The average Bonchev–Trinajstić information content (AvgIpc) is 3.06. The van der Waals surface area contributed by atoms with Gasteiger partial charge in [-0.1, -0.05) is 0 Å². The molecule has 8 heteroatoms. The third kappa shape index (κ3) is 4.08. The van der Waals surface area contributed by atoms with E-state index in [9.17, 15) is 9.59 Å². The van der Waals surface area contributed by atoms with Crippen LogP contribution in [0.2, 0.25) is 0 Å². The normalized spacial score (nSPS) is 12.3. The Labute approximate surface area is 139 Å². The lowest BCUT2D eigenvalue weighted by atomic mass is 10.2. The molecule has 0 radical (unpaired) electrons. The molecule has 2 rings (SSSR count). The molecule has 0 aliphatic rings. The predicted molar refractivity (Wildman–Crippen MR) is 91.6 cm³/mol. The molecular weight excluding hydrogens is 314 g/mol. The monoisotopic (exact) mass is 337 g/mol. The maximum absolute atomic E-state index is 12.3. The Bertz CT molecular complexity index is 672. The van der Waals surface area contributed by atoms with E-state index in [1.165, 1.54) is 11.3 Å². The molecule has 0 aliphatic carbocycles. The Hall–Kier alpha value is -1.93. The standard InChI is InChI=1S/C15H23N5O2S/c1-9-11-8-12(23-15(11)20(3)19-9)14(22)18-10(2)13(21)17-7-5-4-6-16/h8,10H,4-7,16H2,1-3H3,(H,17,21)(H,18,22). The largest absolute Gasteiger partial charge is 0.354 e. The lowest BCUT2D eigenvalue weighted by Gasteiger charge is -2.13. The van der Waals surface area contributed by atoms with Crippen LogP contribution in [0.5, 0.6) is 0 Å². The van der Waals surface area contributed by atoms with E-state index < -0.39 is 6.04 Å². The van der Waals surface area contributed by atoms with E-state index in [-0.39, 0.29) is 11.8 Å². The Morgan fingerprint density at radius 2 is 2.17 bits per heavy atom. The lowest BCUT2D eigenvalue weighted by Crippen LogP contribution is -2.44. The number of hydrogen-bond donors (Lipinski definition) is 3. The third-order valence-electron chi connectivity index (χ3n) is 3.59. The second-order valence-electron chi connectivity index (χ2n) is 5.52. The van der Waals surface area contributed by atoms with Crippen molar-refractivity contribution < 1.29 is 9.59 Å². The number of fused-ring (bicyclic) bond motifs is 1. The molecule has 1 atom stereocenters. The minimum atomic E-state index is -0.579. The first kappa shape index (κ1) is 17.4. The number of amides is 2. The van der Waals surface area contributed by atoms with E-state index in [0.717, 1.165) is 28.8 Å². The molecule has 0 fully saturated rings. The summed E-state index contributed by atoms with van der Waals surface area (Å²) in [5, 5.41) is 10.8. The Morgan fingerprint density at radius 1 is 1.43 bits per heavy atom. The minimum absolute atomic E-state index is 0.186. The van der Waals surface area contributed by atoms with Crippen LogP contribution in [0, 0.1) is 6.92 Å². The van der Waals surface area contributed by atoms with Crippen LogP contribution in [0.4, 0.5) is 0 Å². The summed E-state index contributed by atoms with van der Waals surface area (Å²) in [5.41, 5.74) is 6.30. The third-order valence-corrected chi connectivity index (χ3v) is 4.79. The fraction of sp³-hybridized carbons (Fsp3) is 0.533. The van der Waals surface area contributed by atoms with Gasteiger partial charge in [0, 0.05) is 19.0 Å².